The van der Waals surface area contributed by atoms with E-state index in [1.165, 1.54) is 22.2 Å². The zero-order valence-electron chi connectivity index (χ0n) is 15.1. The Morgan fingerprint density at radius 3 is 2.58 bits per heavy atom. The van der Waals surface area contributed by atoms with E-state index in [0.29, 0.717) is 12.1 Å². The average molecular weight is 346 g/mol. The third kappa shape index (κ3) is 2.88. The van der Waals surface area contributed by atoms with Crippen LogP contribution in [0, 0.1) is 6.92 Å². The highest BCUT2D eigenvalue weighted by Gasteiger charge is 2.21. The molecule has 0 spiro atoms. The number of nitrogens with one attached hydrogen (secondary N) is 1. The minimum absolute atomic E-state index is 0.0681. The molecule has 0 aliphatic carbocycles. The molecule has 3 aromatic rings. The Hall–Kier alpha value is -3.01. The lowest BCUT2D eigenvalue weighted by Crippen LogP contribution is -2.34. The van der Waals surface area contributed by atoms with Crippen LogP contribution in [0.25, 0.3) is 16.5 Å². The molecule has 0 saturated heterocycles. The third-order valence-corrected chi connectivity index (χ3v) is 5.05. The van der Waals surface area contributed by atoms with E-state index in [4.69, 9.17) is 4.74 Å². The van der Waals surface area contributed by atoms with Crippen LogP contribution in [-0.2, 0) is 0 Å². The van der Waals surface area contributed by atoms with Crippen molar-refractivity contribution in [1.82, 2.24) is 9.88 Å². The Kier molecular flexibility index (Phi) is 4.25. The molecule has 1 aromatic heterocycles. The maximum atomic E-state index is 12.7. The van der Waals surface area contributed by atoms with Crippen molar-refractivity contribution in [3.8, 4) is 5.75 Å². The molecule has 0 radical (unpaired) electrons. The zero-order chi connectivity index (χ0) is 18.1. The lowest BCUT2D eigenvalue weighted by atomic mass is 9.96. The van der Waals surface area contributed by atoms with E-state index >= 15 is 0 Å². The first-order valence-corrected chi connectivity index (χ1v) is 8.87. The maximum Gasteiger partial charge on any atom is 0.254 e. The van der Waals surface area contributed by atoms with E-state index in [-0.39, 0.29) is 5.91 Å². The van der Waals surface area contributed by atoms with Crippen molar-refractivity contribution in [2.45, 2.75) is 13.3 Å². The number of carbonyl (C=O) groups excluding carboxylic acids is 1. The normalized spacial score (nSPS) is 14.4. The summed E-state index contributed by atoms with van der Waals surface area (Å²) in [4.78, 5) is 18.1. The van der Waals surface area contributed by atoms with Crippen LogP contribution in [-0.4, -0.2) is 36.0 Å². The molecule has 0 atom stereocenters. The average Bonchev–Trinajstić information content (AvgIpc) is 3.03. The second-order valence-electron chi connectivity index (χ2n) is 6.63. The number of para-hydroxylation sites is 1. The molecule has 1 N–H and O–H groups in total. The van der Waals surface area contributed by atoms with Crippen molar-refractivity contribution in [2.24, 2.45) is 0 Å². The number of fused-ring (bicyclic) bond motifs is 1. The maximum absolute atomic E-state index is 12.7. The number of H-pyrrole nitrogens is 1. The second kappa shape index (κ2) is 6.71. The number of rotatable bonds is 3. The number of benzene rings is 2. The van der Waals surface area contributed by atoms with Gasteiger partial charge in [0.1, 0.15) is 5.75 Å². The van der Waals surface area contributed by atoms with Gasteiger partial charge in [-0.3, -0.25) is 4.79 Å². The predicted molar refractivity (Wildman–Crippen MR) is 105 cm³/mol. The van der Waals surface area contributed by atoms with Crippen molar-refractivity contribution >= 4 is 22.4 Å². The summed E-state index contributed by atoms with van der Waals surface area (Å²) in [6, 6.07) is 15.7. The van der Waals surface area contributed by atoms with Gasteiger partial charge < -0.3 is 14.6 Å². The van der Waals surface area contributed by atoms with E-state index in [2.05, 4.69) is 36.2 Å². The number of hydrogen-bond acceptors (Lipinski definition) is 2. The summed E-state index contributed by atoms with van der Waals surface area (Å²) < 4.78 is 5.16. The van der Waals surface area contributed by atoms with Gasteiger partial charge in [-0.15, -0.1) is 0 Å². The monoisotopic (exact) mass is 346 g/mol. The van der Waals surface area contributed by atoms with E-state index < -0.39 is 0 Å². The van der Waals surface area contributed by atoms with E-state index in [1.54, 1.807) is 7.11 Å². The molecule has 0 bridgehead atoms. The molecule has 0 saturated carbocycles. The fraction of sp³-hybridized carbons (Fsp3) is 0.227. The number of aromatic nitrogens is 1. The first-order chi connectivity index (χ1) is 12.7. The minimum atomic E-state index is 0.0681. The van der Waals surface area contributed by atoms with Gasteiger partial charge in [0.05, 0.1) is 7.11 Å². The smallest absolute Gasteiger partial charge is 0.254 e. The van der Waals surface area contributed by atoms with Crippen molar-refractivity contribution in [3.05, 3.63) is 71.4 Å². The van der Waals surface area contributed by atoms with Gasteiger partial charge in [-0.2, -0.15) is 0 Å². The SMILES string of the molecule is COc1ccc(C(=O)N2CC=C(c3c(C)[nH]c4ccccc34)CC2)cc1. The molecule has 1 aliphatic rings. The van der Waals surface area contributed by atoms with E-state index in [0.717, 1.165) is 24.2 Å². The first-order valence-electron chi connectivity index (χ1n) is 8.87. The number of nitrogens with zero attached hydrogens (tertiary/aromatic N) is 1. The Balaban J connectivity index is 1.56. The minimum Gasteiger partial charge on any atom is -0.497 e. The molecule has 4 heteroatoms. The molecule has 4 rings (SSSR count). The topological polar surface area (TPSA) is 45.3 Å². The van der Waals surface area contributed by atoms with E-state index in [9.17, 15) is 4.79 Å². The molecule has 1 amide bonds. The van der Waals surface area contributed by atoms with Gasteiger partial charge in [0.15, 0.2) is 0 Å². The van der Waals surface area contributed by atoms with Crippen LogP contribution in [0.4, 0.5) is 0 Å². The van der Waals surface area contributed by atoms with Crippen LogP contribution in [0.2, 0.25) is 0 Å². The predicted octanol–water partition coefficient (Wildman–Crippen LogP) is 4.41. The molecule has 0 fully saturated rings. The van der Waals surface area contributed by atoms with Crippen molar-refractivity contribution in [1.29, 1.82) is 0 Å². The van der Waals surface area contributed by atoms with Crippen molar-refractivity contribution in [3.63, 3.8) is 0 Å². The quantitative estimate of drug-likeness (QED) is 0.763. The Bertz CT molecular complexity index is 983. The summed E-state index contributed by atoms with van der Waals surface area (Å²) in [5, 5.41) is 1.26. The highest BCUT2D eigenvalue weighted by atomic mass is 16.5. The molecule has 0 unspecified atom stereocenters. The Labute approximate surface area is 153 Å². The van der Waals surface area contributed by atoms with Crippen LogP contribution in [0.5, 0.6) is 5.75 Å². The van der Waals surface area contributed by atoms with Gasteiger partial charge in [0, 0.05) is 40.8 Å². The number of hydrogen-bond donors (Lipinski definition) is 1. The molecule has 1 aliphatic heterocycles. The van der Waals surface area contributed by atoms with Crippen LogP contribution < -0.4 is 4.74 Å². The Morgan fingerprint density at radius 1 is 1.12 bits per heavy atom. The van der Waals surface area contributed by atoms with Gasteiger partial charge in [0.25, 0.3) is 5.91 Å². The number of amides is 1. The lowest BCUT2D eigenvalue weighted by molar-refractivity contribution is 0.0773. The van der Waals surface area contributed by atoms with Gasteiger partial charge in [-0.1, -0.05) is 24.3 Å². The molecule has 132 valence electrons. The zero-order valence-corrected chi connectivity index (χ0v) is 15.1. The summed E-state index contributed by atoms with van der Waals surface area (Å²) in [5.74, 6) is 0.829. The first kappa shape index (κ1) is 16.5. The van der Waals surface area contributed by atoms with Crippen LogP contribution in [0.3, 0.4) is 0 Å². The summed E-state index contributed by atoms with van der Waals surface area (Å²) in [6.07, 6.45) is 3.05. The fourth-order valence-electron chi connectivity index (χ4n) is 3.69. The highest BCUT2D eigenvalue weighted by molar-refractivity contribution is 5.97. The van der Waals surface area contributed by atoms with Crippen molar-refractivity contribution < 1.29 is 9.53 Å². The van der Waals surface area contributed by atoms with Gasteiger partial charge >= 0.3 is 0 Å². The summed E-state index contributed by atoms with van der Waals surface area (Å²) in [7, 11) is 1.63. The standard InChI is InChI=1S/C22H22N2O2/c1-15-21(19-5-3-4-6-20(19)23-15)16-11-13-24(14-12-16)22(25)17-7-9-18(26-2)10-8-17/h3-11,23H,12-14H2,1-2H3. The summed E-state index contributed by atoms with van der Waals surface area (Å²) in [6.45, 7) is 3.49. The molecule has 26 heavy (non-hydrogen) atoms. The van der Waals surface area contributed by atoms with Gasteiger partial charge in [0.2, 0.25) is 0 Å². The van der Waals surface area contributed by atoms with Gasteiger partial charge in [-0.25, -0.2) is 0 Å². The fourth-order valence-corrected chi connectivity index (χ4v) is 3.69. The second-order valence-corrected chi connectivity index (χ2v) is 6.63. The highest BCUT2D eigenvalue weighted by Crippen LogP contribution is 2.32. The number of aromatic amines is 1. The molecule has 4 nitrogen and oxygen atoms in total. The van der Waals surface area contributed by atoms with Crippen molar-refractivity contribution in [2.75, 3.05) is 20.2 Å². The Morgan fingerprint density at radius 2 is 1.88 bits per heavy atom. The van der Waals surface area contributed by atoms with E-state index in [1.807, 2.05) is 35.2 Å². The number of ether oxygens (including phenoxy) is 1. The van der Waals surface area contributed by atoms with Gasteiger partial charge in [-0.05, 0) is 49.2 Å². The molecule has 2 aromatic carbocycles. The molecule has 2 heterocycles. The summed E-state index contributed by atoms with van der Waals surface area (Å²) >= 11 is 0. The lowest BCUT2D eigenvalue weighted by Gasteiger charge is -2.27. The number of carbonyl (C=O) groups is 1. The van der Waals surface area contributed by atoms with Crippen LogP contribution in [0.1, 0.15) is 28.0 Å². The number of methoxy groups -OCH3 is 1. The molecular weight excluding hydrogens is 324 g/mol. The third-order valence-electron chi connectivity index (χ3n) is 5.05. The van der Waals surface area contributed by atoms with Crippen LogP contribution >= 0.6 is 0 Å². The van der Waals surface area contributed by atoms with Crippen LogP contribution in [0.15, 0.2) is 54.6 Å². The largest absolute Gasteiger partial charge is 0.497 e. The number of aryl methyl sites for hydroxylation is 1. The molecular formula is C22H22N2O2. The summed E-state index contributed by atoms with van der Waals surface area (Å²) in [5.41, 5.74) is 5.66.